The minimum atomic E-state index is -0.527. The highest BCUT2D eigenvalue weighted by molar-refractivity contribution is 7.80. The Kier molecular flexibility index (Phi) is 3.35. The SMILES string of the molecule is CC(C)NC(=S)c1cc(N)c(F)cn1. The van der Waals surface area contributed by atoms with Crippen LogP contribution in [0.25, 0.3) is 0 Å². The third-order valence-electron chi connectivity index (χ3n) is 1.54. The van der Waals surface area contributed by atoms with Crippen LogP contribution in [0.15, 0.2) is 12.3 Å². The molecule has 0 aliphatic heterocycles. The number of aromatic nitrogens is 1. The number of halogens is 1. The number of nitrogen functional groups attached to an aromatic ring is 1. The molecule has 0 radical (unpaired) electrons. The number of nitrogens with one attached hydrogen (secondary N) is 1. The minimum Gasteiger partial charge on any atom is -0.396 e. The predicted molar refractivity (Wildman–Crippen MR) is 58.6 cm³/mol. The van der Waals surface area contributed by atoms with Gasteiger partial charge < -0.3 is 11.1 Å². The number of thiocarbonyl (C=S) groups is 1. The third kappa shape index (κ3) is 2.63. The molecule has 0 aliphatic rings. The minimum absolute atomic E-state index is 0.0582. The Balaban J connectivity index is 2.86. The summed E-state index contributed by atoms with van der Waals surface area (Å²) in [6, 6.07) is 1.64. The zero-order valence-corrected chi connectivity index (χ0v) is 8.86. The number of hydrogen-bond acceptors (Lipinski definition) is 3. The van der Waals surface area contributed by atoms with Gasteiger partial charge in [0.15, 0.2) is 5.82 Å². The summed E-state index contributed by atoms with van der Waals surface area (Å²) in [7, 11) is 0. The van der Waals surface area contributed by atoms with Crippen molar-refractivity contribution in [2.75, 3.05) is 5.73 Å². The van der Waals surface area contributed by atoms with E-state index >= 15 is 0 Å². The molecule has 5 heteroatoms. The Bertz CT molecular complexity index is 352. The molecule has 3 nitrogen and oxygen atoms in total. The highest BCUT2D eigenvalue weighted by Crippen LogP contribution is 2.09. The first-order valence-electron chi connectivity index (χ1n) is 4.22. The molecule has 1 aromatic rings. The van der Waals surface area contributed by atoms with Gasteiger partial charge in [-0.3, -0.25) is 4.98 Å². The van der Waals surface area contributed by atoms with E-state index in [2.05, 4.69) is 10.3 Å². The highest BCUT2D eigenvalue weighted by atomic mass is 32.1. The van der Waals surface area contributed by atoms with Crippen molar-refractivity contribution in [3.63, 3.8) is 0 Å². The molecule has 0 atom stereocenters. The van der Waals surface area contributed by atoms with E-state index in [0.29, 0.717) is 10.7 Å². The summed E-state index contributed by atoms with van der Waals surface area (Å²) in [5.74, 6) is -0.527. The predicted octanol–water partition coefficient (Wildman–Crippen LogP) is 1.48. The largest absolute Gasteiger partial charge is 0.396 e. The van der Waals surface area contributed by atoms with Gasteiger partial charge in [-0.15, -0.1) is 0 Å². The molecular weight excluding hydrogens is 201 g/mol. The van der Waals surface area contributed by atoms with Crippen LogP contribution < -0.4 is 11.1 Å². The fraction of sp³-hybridized carbons (Fsp3) is 0.333. The van der Waals surface area contributed by atoms with E-state index in [1.54, 1.807) is 0 Å². The molecule has 0 unspecified atom stereocenters. The second-order valence-electron chi connectivity index (χ2n) is 3.22. The highest BCUT2D eigenvalue weighted by Gasteiger charge is 2.06. The van der Waals surface area contributed by atoms with Crippen molar-refractivity contribution in [3.05, 3.63) is 23.8 Å². The van der Waals surface area contributed by atoms with Crippen molar-refractivity contribution < 1.29 is 4.39 Å². The number of nitrogens with two attached hydrogens (primary N) is 1. The van der Waals surface area contributed by atoms with Gasteiger partial charge >= 0.3 is 0 Å². The lowest BCUT2D eigenvalue weighted by Crippen LogP contribution is -2.30. The fourth-order valence-corrected chi connectivity index (χ4v) is 1.26. The summed E-state index contributed by atoms with van der Waals surface area (Å²) in [4.78, 5) is 4.31. The summed E-state index contributed by atoms with van der Waals surface area (Å²) in [6.45, 7) is 3.92. The van der Waals surface area contributed by atoms with Crippen LogP contribution in [0.4, 0.5) is 10.1 Å². The number of nitrogens with zero attached hydrogens (tertiary/aromatic N) is 1. The molecule has 0 fully saturated rings. The lowest BCUT2D eigenvalue weighted by molar-refractivity contribution is 0.625. The van der Waals surface area contributed by atoms with E-state index in [1.165, 1.54) is 6.07 Å². The van der Waals surface area contributed by atoms with E-state index in [4.69, 9.17) is 18.0 Å². The average Bonchev–Trinajstić information content (AvgIpc) is 2.08. The molecule has 1 rings (SSSR count). The first kappa shape index (κ1) is 10.8. The van der Waals surface area contributed by atoms with Crippen LogP contribution >= 0.6 is 12.2 Å². The Morgan fingerprint density at radius 3 is 2.79 bits per heavy atom. The van der Waals surface area contributed by atoms with Gasteiger partial charge in [0, 0.05) is 6.04 Å². The van der Waals surface area contributed by atoms with Crippen molar-refractivity contribution >= 4 is 22.9 Å². The van der Waals surface area contributed by atoms with Crippen LogP contribution in [0.1, 0.15) is 19.5 Å². The topological polar surface area (TPSA) is 50.9 Å². The van der Waals surface area contributed by atoms with Gasteiger partial charge in [0.05, 0.1) is 17.6 Å². The molecular formula is C9H12FN3S. The smallest absolute Gasteiger partial charge is 0.164 e. The molecule has 3 N–H and O–H groups in total. The summed E-state index contributed by atoms with van der Waals surface area (Å²) >= 11 is 5.05. The van der Waals surface area contributed by atoms with E-state index in [1.807, 2.05) is 13.8 Å². The van der Waals surface area contributed by atoms with Crippen LogP contribution in [-0.4, -0.2) is 16.0 Å². The van der Waals surface area contributed by atoms with Gasteiger partial charge in [-0.25, -0.2) is 4.39 Å². The van der Waals surface area contributed by atoms with Crippen molar-refractivity contribution in [2.24, 2.45) is 0 Å². The normalized spacial score (nSPS) is 10.3. The fourth-order valence-electron chi connectivity index (χ4n) is 0.915. The quantitative estimate of drug-likeness (QED) is 0.731. The Morgan fingerprint density at radius 1 is 1.64 bits per heavy atom. The molecule has 0 saturated heterocycles. The van der Waals surface area contributed by atoms with Gasteiger partial charge in [0.25, 0.3) is 0 Å². The maximum absolute atomic E-state index is 12.8. The van der Waals surface area contributed by atoms with E-state index < -0.39 is 5.82 Å². The van der Waals surface area contributed by atoms with Crippen LogP contribution in [0.3, 0.4) is 0 Å². The second-order valence-corrected chi connectivity index (χ2v) is 3.63. The van der Waals surface area contributed by atoms with Crippen LogP contribution in [-0.2, 0) is 0 Å². The molecule has 1 heterocycles. The van der Waals surface area contributed by atoms with Gasteiger partial charge in [0.2, 0.25) is 0 Å². The van der Waals surface area contributed by atoms with Gasteiger partial charge in [-0.2, -0.15) is 0 Å². The summed E-state index contributed by atoms with van der Waals surface area (Å²) < 4.78 is 12.8. The number of pyridine rings is 1. The van der Waals surface area contributed by atoms with Crippen LogP contribution in [0.5, 0.6) is 0 Å². The molecule has 0 saturated carbocycles. The zero-order chi connectivity index (χ0) is 10.7. The monoisotopic (exact) mass is 213 g/mol. The lowest BCUT2D eigenvalue weighted by Gasteiger charge is -2.10. The molecule has 0 spiro atoms. The second kappa shape index (κ2) is 4.32. The van der Waals surface area contributed by atoms with Crippen LogP contribution in [0.2, 0.25) is 0 Å². The lowest BCUT2D eigenvalue weighted by atomic mass is 10.3. The molecule has 0 bridgehead atoms. The van der Waals surface area contributed by atoms with Crippen LogP contribution in [0, 0.1) is 5.82 Å². The summed E-state index contributed by atoms with van der Waals surface area (Å²) in [6.07, 6.45) is 1.07. The Hall–Kier alpha value is -1.23. The molecule has 0 aliphatic carbocycles. The average molecular weight is 213 g/mol. The van der Waals surface area contributed by atoms with Crippen molar-refractivity contribution in [3.8, 4) is 0 Å². The Morgan fingerprint density at radius 2 is 2.29 bits per heavy atom. The van der Waals surface area contributed by atoms with Crippen molar-refractivity contribution in [1.29, 1.82) is 0 Å². The molecule has 1 aromatic heterocycles. The standard InChI is InChI=1S/C9H12FN3S/c1-5(2)13-9(14)8-3-7(11)6(10)4-12-8/h3-5H,1-2H3,(H2,11,12)(H,13,14). The van der Waals surface area contributed by atoms with Gasteiger partial charge in [-0.05, 0) is 19.9 Å². The van der Waals surface area contributed by atoms with Crippen molar-refractivity contribution in [2.45, 2.75) is 19.9 Å². The molecule has 0 aromatic carbocycles. The van der Waals surface area contributed by atoms with E-state index in [0.717, 1.165) is 6.20 Å². The number of anilines is 1. The molecule has 14 heavy (non-hydrogen) atoms. The van der Waals surface area contributed by atoms with E-state index in [-0.39, 0.29) is 11.7 Å². The summed E-state index contributed by atoms with van der Waals surface area (Å²) in [5.41, 5.74) is 5.94. The third-order valence-corrected chi connectivity index (χ3v) is 1.86. The maximum Gasteiger partial charge on any atom is 0.164 e. The first-order chi connectivity index (χ1) is 6.50. The number of rotatable bonds is 2. The maximum atomic E-state index is 12.8. The molecule has 0 amide bonds. The summed E-state index contributed by atoms with van der Waals surface area (Å²) in [5, 5.41) is 3.00. The molecule has 76 valence electrons. The van der Waals surface area contributed by atoms with Crippen molar-refractivity contribution in [1.82, 2.24) is 10.3 Å². The Labute approximate surface area is 87.5 Å². The zero-order valence-electron chi connectivity index (χ0n) is 8.04. The van der Waals surface area contributed by atoms with Gasteiger partial charge in [-0.1, -0.05) is 12.2 Å². The van der Waals surface area contributed by atoms with Gasteiger partial charge in [0.1, 0.15) is 4.99 Å². The van der Waals surface area contributed by atoms with E-state index in [9.17, 15) is 4.39 Å². The first-order valence-corrected chi connectivity index (χ1v) is 4.63. The number of hydrogen-bond donors (Lipinski definition) is 2.